The lowest BCUT2D eigenvalue weighted by Gasteiger charge is -2.18. The first-order valence-corrected chi connectivity index (χ1v) is 9.51. The van der Waals surface area contributed by atoms with Gasteiger partial charge in [-0.1, -0.05) is 11.6 Å². The monoisotopic (exact) mass is 426 g/mol. The van der Waals surface area contributed by atoms with Gasteiger partial charge < -0.3 is 24.1 Å². The zero-order chi connectivity index (χ0) is 21.6. The van der Waals surface area contributed by atoms with Gasteiger partial charge in [-0.25, -0.2) is 9.59 Å². The Labute approximate surface area is 173 Å². The maximum absolute atomic E-state index is 12.3. The number of benzene rings is 1. The fourth-order valence-electron chi connectivity index (χ4n) is 3.04. The molecule has 0 saturated heterocycles. The number of fused-ring (bicyclic) bond motifs is 1. The van der Waals surface area contributed by atoms with Gasteiger partial charge >= 0.3 is 18.1 Å². The van der Waals surface area contributed by atoms with E-state index in [1.807, 2.05) is 6.08 Å². The van der Waals surface area contributed by atoms with E-state index in [4.69, 9.17) is 35.7 Å². The fourth-order valence-corrected chi connectivity index (χ4v) is 3.12. The molecule has 0 fully saturated rings. The summed E-state index contributed by atoms with van der Waals surface area (Å²) >= 11 is 5.53. The van der Waals surface area contributed by atoms with Crippen molar-refractivity contribution in [3.8, 4) is 11.5 Å². The first kappa shape index (κ1) is 22.5. The van der Waals surface area contributed by atoms with Crippen molar-refractivity contribution in [3.05, 3.63) is 33.9 Å². The molecule has 0 radical (unpaired) electrons. The number of ether oxygens (including phenoxy) is 4. The molecule has 1 aliphatic rings. The number of rotatable bonds is 9. The zero-order valence-electron chi connectivity index (χ0n) is 16.5. The number of esters is 1. The third kappa shape index (κ3) is 5.41. The van der Waals surface area contributed by atoms with Crippen molar-refractivity contribution in [2.75, 3.05) is 19.6 Å². The lowest BCUT2D eigenvalue weighted by molar-refractivity contribution is -0.136. The number of hydrogen-bond donors (Lipinski definition) is 1. The number of hydrogen-bond acceptors (Lipinski definition) is 7. The normalized spacial score (nSPS) is 13.0. The number of methoxy groups -OCH3 is 1. The summed E-state index contributed by atoms with van der Waals surface area (Å²) in [4.78, 5) is 35.1. The summed E-state index contributed by atoms with van der Waals surface area (Å²) in [7, 11) is 1.48. The van der Waals surface area contributed by atoms with E-state index in [-0.39, 0.29) is 43.2 Å². The maximum Gasteiger partial charge on any atom is 0.513 e. The Balaban J connectivity index is 2.48. The van der Waals surface area contributed by atoms with Gasteiger partial charge in [0.25, 0.3) is 0 Å². The van der Waals surface area contributed by atoms with Gasteiger partial charge in [-0.3, -0.25) is 4.79 Å². The van der Waals surface area contributed by atoms with Gasteiger partial charge in [-0.15, -0.1) is 11.6 Å². The molecule has 0 atom stereocenters. The summed E-state index contributed by atoms with van der Waals surface area (Å²) in [6.07, 6.45) is 1.45. The molecule has 0 amide bonds. The van der Waals surface area contributed by atoms with E-state index in [9.17, 15) is 14.4 Å². The van der Waals surface area contributed by atoms with E-state index in [2.05, 4.69) is 0 Å². The van der Waals surface area contributed by atoms with Crippen LogP contribution in [0.25, 0.3) is 0 Å². The molecule has 9 heteroatoms. The molecule has 0 saturated carbocycles. The van der Waals surface area contributed by atoms with Gasteiger partial charge in [0.2, 0.25) is 0 Å². The summed E-state index contributed by atoms with van der Waals surface area (Å²) < 4.78 is 20.9. The van der Waals surface area contributed by atoms with E-state index in [0.29, 0.717) is 28.9 Å². The van der Waals surface area contributed by atoms with Crippen molar-refractivity contribution < 1.29 is 38.4 Å². The van der Waals surface area contributed by atoms with E-state index in [1.165, 1.54) is 7.11 Å². The minimum atomic E-state index is -0.994. The quantitative estimate of drug-likeness (QED) is 0.275. The van der Waals surface area contributed by atoms with E-state index < -0.39 is 18.1 Å². The Hall–Kier alpha value is -2.74. The number of carbonyl (C=O) groups excluding carboxylic acids is 2. The molecule has 1 heterocycles. The number of halogens is 1. The average molecular weight is 427 g/mol. The molecule has 0 unspecified atom stereocenters. The Bertz CT molecular complexity index is 844. The second kappa shape index (κ2) is 10.2. The Kier molecular flexibility index (Phi) is 7.90. The van der Waals surface area contributed by atoms with Crippen molar-refractivity contribution in [1.82, 2.24) is 0 Å². The van der Waals surface area contributed by atoms with Gasteiger partial charge in [0, 0.05) is 17.5 Å². The van der Waals surface area contributed by atoms with Crippen LogP contribution in [0.15, 0.2) is 11.6 Å². The molecule has 1 N–H and O–H groups in total. The van der Waals surface area contributed by atoms with Gasteiger partial charge in [-0.2, -0.15) is 0 Å². The van der Waals surface area contributed by atoms with E-state index >= 15 is 0 Å². The highest BCUT2D eigenvalue weighted by Crippen LogP contribution is 2.43. The highest BCUT2D eigenvalue weighted by Gasteiger charge is 2.34. The smallest absolute Gasteiger partial charge is 0.496 e. The molecule has 0 bridgehead atoms. The molecule has 1 aromatic rings. The van der Waals surface area contributed by atoms with Crippen molar-refractivity contribution in [1.29, 1.82) is 0 Å². The number of carboxylic acids is 1. The number of carboxylic acid groups (broad SMARTS) is 1. The Morgan fingerprint density at radius 1 is 1.28 bits per heavy atom. The number of aliphatic carboxylic acids is 1. The summed E-state index contributed by atoms with van der Waals surface area (Å²) in [6.45, 7) is 3.61. The largest absolute Gasteiger partial charge is 0.513 e. The standard InChI is InChI=1S/C20H23ClO8/c1-11(5-7-15(22)23)4-6-13-17(26-3)12(2)14-10-28-19(24)16(14)18(13)29-20(25)27-9-8-21/h4H,5-10H2,1-3H3,(H,22,23)/b11-4+. The van der Waals surface area contributed by atoms with Gasteiger partial charge in [-0.05, 0) is 32.3 Å². The van der Waals surface area contributed by atoms with Crippen LogP contribution in [0.5, 0.6) is 11.5 Å². The number of carbonyl (C=O) groups is 3. The van der Waals surface area contributed by atoms with Gasteiger partial charge in [0.05, 0.1) is 13.0 Å². The topological polar surface area (TPSA) is 108 Å². The molecule has 0 aromatic heterocycles. The zero-order valence-corrected chi connectivity index (χ0v) is 17.3. The van der Waals surface area contributed by atoms with E-state index in [0.717, 1.165) is 5.57 Å². The summed E-state index contributed by atoms with van der Waals surface area (Å²) in [6, 6.07) is 0. The minimum Gasteiger partial charge on any atom is -0.496 e. The maximum atomic E-state index is 12.3. The molecule has 2 rings (SSSR count). The minimum absolute atomic E-state index is 0.00309. The Morgan fingerprint density at radius 3 is 2.62 bits per heavy atom. The lowest BCUT2D eigenvalue weighted by Crippen LogP contribution is -2.16. The SMILES string of the molecule is COc1c(C)c2c(c(OC(=O)OCCCl)c1C/C=C(\C)CCC(=O)O)C(=O)OC2. The molecule has 1 aliphatic heterocycles. The van der Waals surface area contributed by atoms with Crippen molar-refractivity contribution in [2.45, 2.75) is 39.7 Å². The van der Waals surface area contributed by atoms with Crippen LogP contribution in [0.2, 0.25) is 0 Å². The van der Waals surface area contributed by atoms with Crippen LogP contribution in [-0.2, 0) is 27.3 Å². The molecule has 0 spiro atoms. The van der Waals surface area contributed by atoms with Crippen LogP contribution in [0, 0.1) is 6.92 Å². The molecular formula is C20H23ClO8. The second-order valence-corrected chi connectivity index (χ2v) is 6.81. The molecule has 8 nitrogen and oxygen atoms in total. The van der Waals surface area contributed by atoms with Crippen LogP contribution >= 0.6 is 11.6 Å². The van der Waals surface area contributed by atoms with Crippen LogP contribution in [0.4, 0.5) is 4.79 Å². The van der Waals surface area contributed by atoms with Gasteiger partial charge in [0.1, 0.15) is 24.5 Å². The van der Waals surface area contributed by atoms with Crippen LogP contribution in [0.3, 0.4) is 0 Å². The first-order chi connectivity index (χ1) is 13.8. The summed E-state index contributed by atoms with van der Waals surface area (Å²) in [5.74, 6) is -0.905. The molecular weight excluding hydrogens is 404 g/mol. The second-order valence-electron chi connectivity index (χ2n) is 6.43. The van der Waals surface area contributed by atoms with E-state index in [1.54, 1.807) is 13.8 Å². The summed E-state index contributed by atoms with van der Waals surface area (Å²) in [5.41, 5.74) is 2.77. The van der Waals surface area contributed by atoms with Crippen molar-refractivity contribution >= 4 is 29.7 Å². The highest BCUT2D eigenvalue weighted by molar-refractivity contribution is 6.18. The number of alkyl halides is 1. The van der Waals surface area contributed by atoms with Gasteiger partial charge in [0.15, 0.2) is 5.75 Å². The molecule has 0 aliphatic carbocycles. The lowest BCUT2D eigenvalue weighted by atomic mass is 9.94. The van der Waals surface area contributed by atoms with Crippen molar-refractivity contribution in [3.63, 3.8) is 0 Å². The third-order valence-corrected chi connectivity index (χ3v) is 4.65. The third-order valence-electron chi connectivity index (χ3n) is 4.50. The van der Waals surface area contributed by atoms with Crippen molar-refractivity contribution in [2.24, 2.45) is 0 Å². The Morgan fingerprint density at radius 2 is 2.00 bits per heavy atom. The predicted octanol–water partition coefficient (Wildman–Crippen LogP) is 3.78. The molecule has 158 valence electrons. The molecule has 29 heavy (non-hydrogen) atoms. The first-order valence-electron chi connectivity index (χ1n) is 8.97. The highest BCUT2D eigenvalue weighted by atomic mass is 35.5. The van der Waals surface area contributed by atoms with Crippen LogP contribution in [0.1, 0.15) is 46.8 Å². The molecule has 1 aromatic carbocycles. The fraction of sp³-hybridized carbons (Fsp3) is 0.450. The average Bonchev–Trinajstić information content (AvgIpc) is 3.07. The van der Waals surface area contributed by atoms with Crippen LogP contribution in [-0.4, -0.2) is 42.8 Å². The predicted molar refractivity (Wildman–Crippen MR) is 104 cm³/mol. The van der Waals surface area contributed by atoms with Crippen LogP contribution < -0.4 is 9.47 Å². The summed E-state index contributed by atoms with van der Waals surface area (Å²) in [5, 5.41) is 8.84. The number of allylic oxidation sites excluding steroid dienone is 2. The number of cyclic esters (lactones) is 1.